The summed E-state index contributed by atoms with van der Waals surface area (Å²) < 4.78 is 5.37. The number of para-hydroxylation sites is 1. The van der Waals surface area contributed by atoms with Gasteiger partial charge in [-0.3, -0.25) is 9.59 Å². The van der Waals surface area contributed by atoms with Gasteiger partial charge in [-0.2, -0.15) is 0 Å². The molecule has 3 amide bonds. The van der Waals surface area contributed by atoms with Crippen molar-refractivity contribution in [2.75, 3.05) is 6.54 Å². The number of nitrogens with one attached hydrogen (secondary N) is 2. The molecule has 2 unspecified atom stereocenters. The maximum absolute atomic E-state index is 13.8. The van der Waals surface area contributed by atoms with Crippen LogP contribution < -0.4 is 10.6 Å². The molecule has 0 heterocycles. The van der Waals surface area contributed by atoms with Gasteiger partial charge >= 0.3 is 6.09 Å². The average molecular weight is 490 g/mol. The summed E-state index contributed by atoms with van der Waals surface area (Å²) in [6.07, 6.45) is 4.36. The van der Waals surface area contributed by atoms with E-state index in [1.807, 2.05) is 13.8 Å². The Morgan fingerprint density at radius 2 is 1.77 bits per heavy atom. The first-order valence-electron chi connectivity index (χ1n) is 12.7. The van der Waals surface area contributed by atoms with Crippen molar-refractivity contribution in [2.45, 2.75) is 104 Å². The molecule has 1 aromatic rings. The maximum Gasteiger partial charge on any atom is 0.408 e. The lowest BCUT2D eigenvalue weighted by molar-refractivity contribution is -0.143. The molecule has 1 aliphatic carbocycles. The van der Waals surface area contributed by atoms with Crippen LogP contribution >= 0.6 is 0 Å². The van der Waals surface area contributed by atoms with Crippen LogP contribution in [0.4, 0.5) is 4.79 Å². The third kappa shape index (κ3) is 7.87. The van der Waals surface area contributed by atoms with Gasteiger partial charge in [0.2, 0.25) is 11.8 Å². The minimum atomic E-state index is -1.03. The molecule has 1 aliphatic rings. The number of aryl methyl sites for hydroxylation is 1. The van der Waals surface area contributed by atoms with Crippen LogP contribution in [-0.4, -0.2) is 52.1 Å². The number of ether oxygens (including phenoxy) is 1. The summed E-state index contributed by atoms with van der Waals surface area (Å²) >= 11 is 0. The topological polar surface area (TPSA) is 108 Å². The Morgan fingerprint density at radius 3 is 2.31 bits per heavy atom. The molecule has 8 heteroatoms. The molecule has 0 radical (unpaired) electrons. The summed E-state index contributed by atoms with van der Waals surface area (Å²) in [7, 11) is 0. The van der Waals surface area contributed by atoms with E-state index in [4.69, 9.17) is 4.74 Å². The van der Waals surface area contributed by atoms with Crippen molar-refractivity contribution in [1.82, 2.24) is 15.5 Å². The molecule has 3 N–H and O–H groups in total. The van der Waals surface area contributed by atoms with Crippen molar-refractivity contribution >= 4 is 17.9 Å². The van der Waals surface area contributed by atoms with Crippen LogP contribution in [0.15, 0.2) is 18.2 Å². The Kier molecular flexibility index (Phi) is 9.98. The van der Waals surface area contributed by atoms with E-state index in [1.165, 1.54) is 4.90 Å². The maximum atomic E-state index is 13.8. The summed E-state index contributed by atoms with van der Waals surface area (Å²) in [4.78, 5) is 41.4. The largest absolute Gasteiger partial charge is 0.507 e. The van der Waals surface area contributed by atoms with Gasteiger partial charge in [0.15, 0.2) is 0 Å². The lowest BCUT2D eigenvalue weighted by Gasteiger charge is -2.36. The molecule has 0 spiro atoms. The van der Waals surface area contributed by atoms with Crippen LogP contribution in [0.25, 0.3) is 0 Å². The highest BCUT2D eigenvalue weighted by Crippen LogP contribution is 2.33. The Hall–Kier alpha value is -2.77. The standard InChI is InChI=1S/C27H43N3O5/c1-8-30(25(33)21(17(2)3)29-26(34)35-27(5,6)7)22(20-16-12-13-18(4)23(20)31)24(32)28-19-14-10-9-11-15-19/h12-13,16-17,19,21-22,31H,8-11,14-15H2,1-7H3,(H,28,32)(H,29,34). The first-order valence-corrected chi connectivity index (χ1v) is 12.7. The molecule has 2 atom stereocenters. The van der Waals surface area contributed by atoms with Gasteiger partial charge in [-0.15, -0.1) is 0 Å². The fraction of sp³-hybridized carbons (Fsp3) is 0.667. The second kappa shape index (κ2) is 12.3. The number of hydrogen-bond donors (Lipinski definition) is 3. The number of nitrogens with zero attached hydrogens (tertiary/aromatic N) is 1. The molecular weight excluding hydrogens is 446 g/mol. The highest BCUT2D eigenvalue weighted by atomic mass is 16.6. The number of likely N-dealkylation sites (N-methyl/N-ethyl adjacent to an activating group) is 1. The molecule has 0 aromatic heterocycles. The number of carbonyl (C=O) groups excluding carboxylic acids is 3. The molecule has 35 heavy (non-hydrogen) atoms. The zero-order chi connectivity index (χ0) is 26.3. The Balaban J connectivity index is 2.42. The van der Waals surface area contributed by atoms with Gasteiger partial charge in [0.05, 0.1) is 0 Å². The van der Waals surface area contributed by atoms with Gasteiger partial charge in [-0.1, -0.05) is 51.3 Å². The van der Waals surface area contributed by atoms with Crippen LogP contribution in [0.2, 0.25) is 0 Å². The highest BCUT2D eigenvalue weighted by Gasteiger charge is 2.38. The van der Waals surface area contributed by atoms with Crippen LogP contribution in [0.3, 0.4) is 0 Å². The Bertz CT molecular complexity index is 887. The minimum Gasteiger partial charge on any atom is -0.507 e. The summed E-state index contributed by atoms with van der Waals surface area (Å²) in [6.45, 7) is 12.7. The lowest BCUT2D eigenvalue weighted by atomic mass is 9.93. The zero-order valence-electron chi connectivity index (χ0n) is 22.3. The summed E-state index contributed by atoms with van der Waals surface area (Å²) in [5.74, 6) is -0.994. The number of phenolic OH excluding ortho intramolecular Hbond substituents is 1. The first kappa shape index (κ1) is 28.5. The number of alkyl carbamates (subject to hydrolysis) is 1. The minimum absolute atomic E-state index is 0.0104. The third-order valence-electron chi connectivity index (χ3n) is 6.30. The van der Waals surface area contributed by atoms with Crippen LogP contribution in [-0.2, 0) is 14.3 Å². The van der Waals surface area contributed by atoms with Crippen LogP contribution in [0.1, 0.15) is 90.8 Å². The van der Waals surface area contributed by atoms with Crippen molar-refractivity contribution in [2.24, 2.45) is 5.92 Å². The molecule has 1 saturated carbocycles. The number of rotatable bonds is 8. The monoisotopic (exact) mass is 489 g/mol. The fourth-order valence-electron chi connectivity index (χ4n) is 4.47. The van der Waals surface area contributed by atoms with E-state index in [1.54, 1.807) is 52.8 Å². The van der Waals surface area contributed by atoms with Crippen LogP contribution in [0, 0.1) is 12.8 Å². The fourth-order valence-corrected chi connectivity index (χ4v) is 4.47. The molecule has 0 bridgehead atoms. The second-order valence-corrected chi connectivity index (χ2v) is 10.8. The van der Waals surface area contributed by atoms with E-state index in [2.05, 4.69) is 10.6 Å². The quantitative estimate of drug-likeness (QED) is 0.495. The van der Waals surface area contributed by atoms with Gasteiger partial charge in [-0.25, -0.2) is 4.79 Å². The number of amides is 3. The molecule has 8 nitrogen and oxygen atoms in total. The molecule has 0 saturated heterocycles. The summed E-state index contributed by atoms with van der Waals surface area (Å²) in [5, 5.41) is 16.7. The number of carbonyl (C=O) groups is 3. The van der Waals surface area contributed by atoms with E-state index in [9.17, 15) is 19.5 Å². The number of benzene rings is 1. The molecule has 1 aromatic carbocycles. The number of aromatic hydroxyl groups is 1. The number of hydrogen-bond acceptors (Lipinski definition) is 5. The third-order valence-corrected chi connectivity index (χ3v) is 6.30. The Labute approximate surface area is 209 Å². The van der Waals surface area contributed by atoms with Crippen molar-refractivity contribution in [1.29, 1.82) is 0 Å². The van der Waals surface area contributed by atoms with Crippen molar-refractivity contribution in [3.63, 3.8) is 0 Å². The van der Waals surface area contributed by atoms with Gasteiger partial charge in [-0.05, 0) is 58.9 Å². The van der Waals surface area contributed by atoms with Gasteiger partial charge in [0, 0.05) is 18.2 Å². The normalized spacial score (nSPS) is 16.3. The molecular formula is C27H43N3O5. The van der Waals surface area contributed by atoms with Crippen molar-refractivity contribution in [3.8, 4) is 5.75 Å². The smallest absolute Gasteiger partial charge is 0.408 e. The van der Waals surface area contributed by atoms with Crippen molar-refractivity contribution < 1.29 is 24.2 Å². The van der Waals surface area contributed by atoms with Gasteiger partial charge in [0.1, 0.15) is 23.4 Å². The van der Waals surface area contributed by atoms with Crippen LogP contribution in [0.5, 0.6) is 5.75 Å². The van der Waals surface area contributed by atoms with E-state index < -0.39 is 29.7 Å². The van der Waals surface area contributed by atoms with Gasteiger partial charge < -0.3 is 25.4 Å². The van der Waals surface area contributed by atoms with E-state index >= 15 is 0 Å². The number of phenols is 1. The van der Waals surface area contributed by atoms with E-state index in [0.717, 1.165) is 32.1 Å². The second-order valence-electron chi connectivity index (χ2n) is 10.8. The zero-order valence-corrected chi connectivity index (χ0v) is 22.3. The first-order chi connectivity index (χ1) is 16.4. The van der Waals surface area contributed by atoms with E-state index in [-0.39, 0.29) is 30.2 Å². The molecule has 2 rings (SSSR count). The van der Waals surface area contributed by atoms with E-state index in [0.29, 0.717) is 11.1 Å². The lowest BCUT2D eigenvalue weighted by Crippen LogP contribution is -2.55. The van der Waals surface area contributed by atoms with Crippen molar-refractivity contribution in [3.05, 3.63) is 29.3 Å². The molecule has 1 fully saturated rings. The Morgan fingerprint density at radius 1 is 1.14 bits per heavy atom. The van der Waals surface area contributed by atoms with Gasteiger partial charge in [0.25, 0.3) is 0 Å². The predicted molar refractivity (Wildman–Crippen MR) is 136 cm³/mol. The SMILES string of the molecule is CCN(C(=O)C(NC(=O)OC(C)(C)C)C(C)C)C(C(=O)NC1CCCCC1)c1cccc(C)c1O. The molecule has 196 valence electrons. The predicted octanol–water partition coefficient (Wildman–Crippen LogP) is 4.59. The summed E-state index contributed by atoms with van der Waals surface area (Å²) in [6, 6.07) is 3.31. The highest BCUT2D eigenvalue weighted by molar-refractivity contribution is 5.92. The summed E-state index contributed by atoms with van der Waals surface area (Å²) in [5.41, 5.74) is 0.275. The average Bonchev–Trinajstić information content (AvgIpc) is 2.77. The molecule has 0 aliphatic heterocycles.